The fourth-order valence-electron chi connectivity index (χ4n) is 4.29. The zero-order valence-electron chi connectivity index (χ0n) is 19.9. The van der Waals surface area contributed by atoms with Crippen LogP contribution in [0.15, 0.2) is 55.1 Å². The molecule has 5 rings (SSSR count). The van der Waals surface area contributed by atoms with Gasteiger partial charge in [-0.05, 0) is 37.3 Å². The molecule has 0 amide bonds. The van der Waals surface area contributed by atoms with Crippen molar-refractivity contribution in [3.63, 3.8) is 0 Å². The number of aliphatic hydroxyl groups excluding tert-OH is 1. The Bertz CT molecular complexity index is 1370. The predicted octanol–water partition coefficient (Wildman–Crippen LogP) is 3.40. The summed E-state index contributed by atoms with van der Waals surface area (Å²) in [7, 11) is 0. The van der Waals surface area contributed by atoms with Gasteiger partial charge < -0.3 is 14.7 Å². The Morgan fingerprint density at radius 2 is 1.94 bits per heavy atom. The Hall–Kier alpha value is -3.71. The van der Waals surface area contributed by atoms with Crippen LogP contribution in [0.5, 0.6) is 5.75 Å². The Morgan fingerprint density at radius 3 is 2.61 bits per heavy atom. The highest BCUT2D eigenvalue weighted by Crippen LogP contribution is 2.31. The molecule has 0 aliphatic carbocycles. The first kappa shape index (κ1) is 24.0. The number of aliphatic hydroxyl groups is 1. The van der Waals surface area contributed by atoms with Gasteiger partial charge in [0.15, 0.2) is 0 Å². The number of fused-ring (bicyclic) bond motifs is 1. The zero-order valence-corrected chi connectivity index (χ0v) is 20.6. The number of hydrogen-bond donors (Lipinski definition) is 1. The average Bonchev–Trinajstić information content (AvgIpc) is 3.32. The molecule has 9 nitrogen and oxygen atoms in total. The molecular weight excluding hydrogens is 478 g/mol. The second kappa shape index (κ2) is 10.5. The molecule has 1 aliphatic rings. The molecule has 184 valence electrons. The number of nitrogens with zero attached hydrogens (tertiary/aromatic N) is 7. The molecule has 36 heavy (non-hydrogen) atoms. The number of aromatic nitrogens is 4. The molecule has 4 aromatic heterocycles. The minimum absolute atomic E-state index is 0.161. The molecule has 4 aromatic rings. The second-order valence-electron chi connectivity index (χ2n) is 8.85. The van der Waals surface area contributed by atoms with E-state index >= 15 is 0 Å². The number of pyridine rings is 3. The summed E-state index contributed by atoms with van der Waals surface area (Å²) in [6.07, 6.45) is 6.16. The van der Waals surface area contributed by atoms with Crippen molar-refractivity contribution in [3.8, 4) is 22.9 Å². The van der Waals surface area contributed by atoms with E-state index in [0.717, 1.165) is 55.4 Å². The highest BCUT2D eigenvalue weighted by Gasteiger charge is 2.19. The first-order valence-corrected chi connectivity index (χ1v) is 12.1. The van der Waals surface area contributed by atoms with Gasteiger partial charge in [0.1, 0.15) is 24.2 Å². The van der Waals surface area contributed by atoms with Crippen LogP contribution in [0.3, 0.4) is 0 Å². The maximum atomic E-state index is 9.59. The monoisotopic (exact) mass is 503 g/mol. The van der Waals surface area contributed by atoms with Gasteiger partial charge in [0, 0.05) is 56.2 Å². The topological polar surface area (TPSA) is 103 Å². The van der Waals surface area contributed by atoms with Crippen LogP contribution >= 0.6 is 11.6 Å². The number of ether oxygens (including phenoxy) is 1. The Balaban J connectivity index is 1.32. The van der Waals surface area contributed by atoms with Crippen LogP contribution in [0.2, 0.25) is 5.02 Å². The first-order chi connectivity index (χ1) is 17.5. The predicted molar refractivity (Wildman–Crippen MR) is 137 cm³/mol. The van der Waals surface area contributed by atoms with E-state index in [9.17, 15) is 10.4 Å². The fourth-order valence-corrected chi connectivity index (χ4v) is 4.40. The van der Waals surface area contributed by atoms with Gasteiger partial charge in [-0.2, -0.15) is 10.4 Å². The molecule has 0 spiro atoms. The third-order valence-electron chi connectivity index (χ3n) is 6.13. The van der Waals surface area contributed by atoms with Gasteiger partial charge in [0.25, 0.3) is 0 Å². The lowest BCUT2D eigenvalue weighted by Crippen LogP contribution is -2.46. The molecule has 1 atom stereocenters. The van der Waals surface area contributed by atoms with E-state index in [1.165, 1.54) is 6.20 Å². The van der Waals surface area contributed by atoms with Crippen LogP contribution < -0.4 is 9.64 Å². The van der Waals surface area contributed by atoms with Crippen molar-refractivity contribution in [2.45, 2.75) is 19.6 Å². The number of anilines is 1. The number of hydrogen-bond acceptors (Lipinski definition) is 8. The molecule has 5 heterocycles. The van der Waals surface area contributed by atoms with E-state index in [-0.39, 0.29) is 6.61 Å². The number of rotatable bonds is 7. The fraction of sp³-hybridized carbons (Fsp3) is 0.308. The second-order valence-corrected chi connectivity index (χ2v) is 9.29. The van der Waals surface area contributed by atoms with Crippen molar-refractivity contribution < 1.29 is 9.84 Å². The first-order valence-electron chi connectivity index (χ1n) is 11.8. The summed E-state index contributed by atoms with van der Waals surface area (Å²) < 4.78 is 7.35. The normalized spacial score (nSPS) is 15.1. The number of piperazine rings is 1. The molecule has 1 unspecified atom stereocenters. The van der Waals surface area contributed by atoms with E-state index in [1.807, 2.05) is 36.5 Å². The lowest BCUT2D eigenvalue weighted by molar-refractivity contribution is 0.122. The summed E-state index contributed by atoms with van der Waals surface area (Å²) in [4.78, 5) is 13.8. The van der Waals surface area contributed by atoms with Gasteiger partial charge in [-0.1, -0.05) is 11.6 Å². The number of halogens is 1. The van der Waals surface area contributed by atoms with Gasteiger partial charge in [-0.25, -0.2) is 9.50 Å². The van der Waals surface area contributed by atoms with E-state index in [4.69, 9.17) is 21.3 Å². The van der Waals surface area contributed by atoms with Crippen molar-refractivity contribution in [2.24, 2.45) is 0 Å². The standard InChI is InChI=1S/C26H26ClN7O2/c1-18(35)17-36-23-10-24(26-20(11-28)13-31-34(26)16-23)19-2-5-25(30-12-19)33-8-6-32(7-9-33)15-22-4-3-21(27)14-29-22/h2-5,10,12-14,16,18,35H,6-9,15,17H2,1H3. The molecule has 0 saturated carbocycles. The summed E-state index contributed by atoms with van der Waals surface area (Å²) in [5.74, 6) is 1.47. The molecule has 10 heteroatoms. The van der Waals surface area contributed by atoms with Crippen LogP contribution in [-0.4, -0.2) is 68.5 Å². The summed E-state index contributed by atoms with van der Waals surface area (Å²) >= 11 is 5.94. The number of nitriles is 1. The zero-order chi connectivity index (χ0) is 25.1. The smallest absolute Gasteiger partial charge is 0.138 e. The maximum Gasteiger partial charge on any atom is 0.138 e. The van der Waals surface area contributed by atoms with E-state index in [0.29, 0.717) is 21.9 Å². The average molecular weight is 504 g/mol. The minimum Gasteiger partial charge on any atom is -0.489 e. The van der Waals surface area contributed by atoms with Crippen LogP contribution in [0.1, 0.15) is 18.2 Å². The quantitative estimate of drug-likeness (QED) is 0.409. The summed E-state index contributed by atoms with van der Waals surface area (Å²) in [6, 6.07) is 11.9. The lowest BCUT2D eigenvalue weighted by atomic mass is 10.1. The van der Waals surface area contributed by atoms with Crippen molar-refractivity contribution in [2.75, 3.05) is 37.7 Å². The van der Waals surface area contributed by atoms with Crippen molar-refractivity contribution >= 4 is 22.9 Å². The Morgan fingerprint density at radius 1 is 1.11 bits per heavy atom. The molecule has 1 N–H and O–H groups in total. The van der Waals surface area contributed by atoms with Crippen LogP contribution in [0.25, 0.3) is 16.6 Å². The van der Waals surface area contributed by atoms with Crippen molar-refractivity contribution in [1.82, 2.24) is 24.5 Å². The molecule has 1 saturated heterocycles. The van der Waals surface area contributed by atoms with Crippen LogP contribution in [-0.2, 0) is 6.54 Å². The highest BCUT2D eigenvalue weighted by molar-refractivity contribution is 6.30. The largest absolute Gasteiger partial charge is 0.489 e. The van der Waals surface area contributed by atoms with Crippen molar-refractivity contribution in [1.29, 1.82) is 5.26 Å². The van der Waals surface area contributed by atoms with Gasteiger partial charge in [0.2, 0.25) is 0 Å². The third kappa shape index (κ3) is 5.26. The molecule has 0 radical (unpaired) electrons. The van der Waals surface area contributed by atoms with Gasteiger partial charge >= 0.3 is 0 Å². The third-order valence-corrected chi connectivity index (χ3v) is 6.35. The SMILES string of the molecule is CC(O)COc1cc(-c2ccc(N3CCN(Cc4ccc(Cl)cn4)CC3)nc2)c2c(C#N)cnn2c1. The minimum atomic E-state index is -0.597. The highest BCUT2D eigenvalue weighted by atomic mass is 35.5. The maximum absolute atomic E-state index is 9.59. The Kier molecular flexibility index (Phi) is 7.00. The van der Waals surface area contributed by atoms with E-state index < -0.39 is 6.10 Å². The van der Waals surface area contributed by atoms with Gasteiger partial charge in [-0.15, -0.1) is 0 Å². The van der Waals surface area contributed by atoms with Crippen LogP contribution in [0, 0.1) is 11.3 Å². The molecular formula is C26H26ClN7O2. The molecule has 0 bridgehead atoms. The lowest BCUT2D eigenvalue weighted by Gasteiger charge is -2.35. The van der Waals surface area contributed by atoms with Crippen LogP contribution in [0.4, 0.5) is 5.82 Å². The summed E-state index contributed by atoms with van der Waals surface area (Å²) in [6.45, 7) is 6.19. The summed E-state index contributed by atoms with van der Waals surface area (Å²) in [5, 5.41) is 24.1. The van der Waals surface area contributed by atoms with E-state index in [2.05, 4.69) is 26.0 Å². The van der Waals surface area contributed by atoms with Gasteiger partial charge in [-0.3, -0.25) is 9.88 Å². The molecule has 0 aromatic carbocycles. The van der Waals surface area contributed by atoms with Gasteiger partial charge in [0.05, 0.1) is 40.3 Å². The summed E-state index contributed by atoms with van der Waals surface area (Å²) in [5.41, 5.74) is 3.84. The van der Waals surface area contributed by atoms with E-state index in [1.54, 1.807) is 23.8 Å². The molecule has 1 fully saturated rings. The molecule has 1 aliphatic heterocycles. The Labute approximate surface area is 214 Å². The van der Waals surface area contributed by atoms with Crippen molar-refractivity contribution in [3.05, 3.63) is 71.4 Å².